The molecule has 0 aliphatic rings. The van der Waals surface area contributed by atoms with E-state index in [2.05, 4.69) is 10.6 Å². The van der Waals surface area contributed by atoms with Gasteiger partial charge in [0.05, 0.1) is 4.92 Å². The molecule has 0 aliphatic heterocycles. The third kappa shape index (κ3) is 7.63. The standard InChI is InChI=1S/C14H21N3O3.ClH/c1-3-15-11(2)10-16-14(18)8-7-12-5-4-6-13(9-12)17(19)20;/h4-6,9,11,15H,3,7-8,10H2,1-2H3,(H,16,18);1H/t11-;/m1./s1. The van der Waals surface area contributed by atoms with Gasteiger partial charge in [0.2, 0.25) is 5.91 Å². The highest BCUT2D eigenvalue weighted by atomic mass is 35.5. The summed E-state index contributed by atoms with van der Waals surface area (Å²) in [5, 5.41) is 16.7. The van der Waals surface area contributed by atoms with E-state index in [4.69, 9.17) is 0 Å². The Morgan fingerprint density at radius 2 is 2.14 bits per heavy atom. The number of halogens is 1. The van der Waals surface area contributed by atoms with Crippen LogP contribution in [-0.2, 0) is 11.2 Å². The van der Waals surface area contributed by atoms with Crippen molar-refractivity contribution >= 4 is 24.0 Å². The summed E-state index contributed by atoms with van der Waals surface area (Å²) in [5.41, 5.74) is 0.859. The van der Waals surface area contributed by atoms with Crippen molar-refractivity contribution in [3.8, 4) is 0 Å². The number of carbonyl (C=O) groups is 1. The van der Waals surface area contributed by atoms with Crippen LogP contribution in [0.4, 0.5) is 5.69 Å². The number of aryl methyl sites for hydroxylation is 1. The lowest BCUT2D eigenvalue weighted by molar-refractivity contribution is -0.384. The number of nitrogens with zero attached hydrogens (tertiary/aromatic N) is 1. The highest BCUT2D eigenvalue weighted by Gasteiger charge is 2.08. The topological polar surface area (TPSA) is 84.3 Å². The van der Waals surface area contributed by atoms with Gasteiger partial charge in [-0.3, -0.25) is 14.9 Å². The molecule has 0 bridgehead atoms. The third-order valence-corrected chi connectivity index (χ3v) is 2.92. The monoisotopic (exact) mass is 315 g/mol. The van der Waals surface area contributed by atoms with Gasteiger partial charge in [0.15, 0.2) is 0 Å². The highest BCUT2D eigenvalue weighted by Crippen LogP contribution is 2.14. The van der Waals surface area contributed by atoms with Crippen molar-refractivity contribution in [2.45, 2.75) is 32.7 Å². The van der Waals surface area contributed by atoms with Crippen LogP contribution in [0.2, 0.25) is 0 Å². The first kappa shape index (κ1) is 19.3. The molecule has 6 nitrogen and oxygen atoms in total. The first-order valence-electron chi connectivity index (χ1n) is 6.76. The Hall–Kier alpha value is -1.66. The second-order valence-corrected chi connectivity index (χ2v) is 4.69. The Morgan fingerprint density at radius 3 is 2.76 bits per heavy atom. The van der Waals surface area contributed by atoms with Crippen molar-refractivity contribution in [2.75, 3.05) is 13.1 Å². The molecule has 0 fully saturated rings. The Morgan fingerprint density at radius 1 is 1.43 bits per heavy atom. The molecule has 2 N–H and O–H groups in total. The fourth-order valence-electron chi connectivity index (χ4n) is 1.86. The number of hydrogen-bond acceptors (Lipinski definition) is 4. The van der Waals surface area contributed by atoms with E-state index in [1.54, 1.807) is 12.1 Å². The molecule has 7 heteroatoms. The maximum absolute atomic E-state index is 11.7. The van der Waals surface area contributed by atoms with Crippen LogP contribution in [0.25, 0.3) is 0 Å². The molecule has 0 radical (unpaired) electrons. The van der Waals surface area contributed by atoms with Crippen LogP contribution < -0.4 is 10.6 Å². The summed E-state index contributed by atoms with van der Waals surface area (Å²) < 4.78 is 0. The minimum atomic E-state index is -0.429. The van der Waals surface area contributed by atoms with Crippen molar-refractivity contribution in [3.05, 3.63) is 39.9 Å². The zero-order valence-electron chi connectivity index (χ0n) is 12.3. The predicted molar refractivity (Wildman–Crippen MR) is 84.8 cm³/mol. The van der Waals surface area contributed by atoms with Crippen molar-refractivity contribution < 1.29 is 9.72 Å². The largest absolute Gasteiger partial charge is 0.355 e. The van der Waals surface area contributed by atoms with Gasteiger partial charge in [-0.1, -0.05) is 19.1 Å². The van der Waals surface area contributed by atoms with Gasteiger partial charge >= 0.3 is 0 Å². The summed E-state index contributed by atoms with van der Waals surface area (Å²) in [6.07, 6.45) is 0.836. The zero-order chi connectivity index (χ0) is 15.0. The Balaban J connectivity index is 0.00000400. The zero-order valence-corrected chi connectivity index (χ0v) is 13.1. The van der Waals surface area contributed by atoms with Crippen molar-refractivity contribution in [3.63, 3.8) is 0 Å². The van der Waals surface area contributed by atoms with Crippen molar-refractivity contribution in [1.82, 2.24) is 10.6 Å². The lowest BCUT2D eigenvalue weighted by Crippen LogP contribution is -2.38. The minimum Gasteiger partial charge on any atom is -0.355 e. The summed E-state index contributed by atoms with van der Waals surface area (Å²) in [6.45, 7) is 5.47. The molecule has 0 spiro atoms. The normalized spacial score (nSPS) is 11.3. The van der Waals surface area contributed by atoms with Gasteiger partial charge in [-0.15, -0.1) is 12.4 Å². The molecule has 118 valence electrons. The molecule has 1 aromatic rings. The van der Waals surface area contributed by atoms with Gasteiger partial charge in [-0.25, -0.2) is 0 Å². The summed E-state index contributed by atoms with van der Waals surface area (Å²) in [5.74, 6) is -0.0405. The molecule has 0 saturated carbocycles. The second-order valence-electron chi connectivity index (χ2n) is 4.69. The number of nitro groups is 1. The van der Waals surface area contributed by atoms with Crippen LogP contribution in [-0.4, -0.2) is 30.0 Å². The second kappa shape index (κ2) is 10.1. The van der Waals surface area contributed by atoms with Crippen LogP contribution in [0.5, 0.6) is 0 Å². The Kier molecular flexibility index (Phi) is 9.32. The Labute approximate surface area is 130 Å². The number of nitrogens with one attached hydrogen (secondary N) is 2. The van der Waals surface area contributed by atoms with Crippen LogP contribution in [0.3, 0.4) is 0 Å². The SMILES string of the molecule is CCN[C@H](C)CNC(=O)CCc1cccc([N+](=O)[O-])c1.Cl. The van der Waals surface area contributed by atoms with Gasteiger partial charge in [-0.2, -0.15) is 0 Å². The molecule has 0 heterocycles. The summed E-state index contributed by atoms with van der Waals surface area (Å²) in [7, 11) is 0. The number of likely N-dealkylation sites (N-methyl/N-ethyl adjacent to an activating group) is 1. The van der Waals surface area contributed by atoms with Crippen LogP contribution in [0.15, 0.2) is 24.3 Å². The molecule has 0 saturated heterocycles. The van der Waals surface area contributed by atoms with E-state index in [0.29, 0.717) is 19.4 Å². The minimum absolute atomic E-state index is 0. The molecular formula is C14H22ClN3O3. The quantitative estimate of drug-likeness (QED) is 0.568. The van der Waals surface area contributed by atoms with Gasteiger partial charge < -0.3 is 10.6 Å². The predicted octanol–water partition coefficient (Wildman–Crippen LogP) is 2.06. The van der Waals surface area contributed by atoms with E-state index in [9.17, 15) is 14.9 Å². The summed E-state index contributed by atoms with van der Waals surface area (Å²) in [6, 6.07) is 6.62. The van der Waals surface area contributed by atoms with Crippen LogP contribution in [0.1, 0.15) is 25.8 Å². The number of nitro benzene ring substituents is 1. The maximum atomic E-state index is 11.7. The number of non-ortho nitro benzene ring substituents is 1. The van der Waals surface area contributed by atoms with Crippen molar-refractivity contribution in [1.29, 1.82) is 0 Å². The molecule has 1 atom stereocenters. The number of carbonyl (C=O) groups excluding carboxylic acids is 1. The molecule has 21 heavy (non-hydrogen) atoms. The van der Waals surface area contributed by atoms with E-state index < -0.39 is 4.92 Å². The number of rotatable bonds is 8. The lowest BCUT2D eigenvalue weighted by atomic mass is 10.1. The summed E-state index contributed by atoms with van der Waals surface area (Å²) >= 11 is 0. The molecule has 1 amide bonds. The van der Waals surface area contributed by atoms with E-state index in [1.807, 2.05) is 13.8 Å². The van der Waals surface area contributed by atoms with E-state index >= 15 is 0 Å². The molecule has 0 unspecified atom stereocenters. The fraction of sp³-hybridized carbons (Fsp3) is 0.500. The van der Waals surface area contributed by atoms with E-state index in [1.165, 1.54) is 12.1 Å². The maximum Gasteiger partial charge on any atom is 0.269 e. The van der Waals surface area contributed by atoms with Crippen LogP contribution in [0, 0.1) is 10.1 Å². The molecule has 1 rings (SSSR count). The number of hydrogen-bond donors (Lipinski definition) is 2. The molecular weight excluding hydrogens is 294 g/mol. The number of benzene rings is 1. The molecule has 1 aromatic carbocycles. The first-order chi connectivity index (χ1) is 9.52. The van der Waals surface area contributed by atoms with Gasteiger partial charge in [0.1, 0.15) is 0 Å². The first-order valence-corrected chi connectivity index (χ1v) is 6.76. The highest BCUT2D eigenvalue weighted by molar-refractivity contribution is 5.85. The number of amides is 1. The summed E-state index contributed by atoms with van der Waals surface area (Å²) in [4.78, 5) is 21.9. The fourth-order valence-corrected chi connectivity index (χ4v) is 1.86. The van der Waals surface area contributed by atoms with Gasteiger partial charge in [0.25, 0.3) is 5.69 Å². The van der Waals surface area contributed by atoms with Gasteiger partial charge in [-0.05, 0) is 25.5 Å². The molecule has 0 aromatic heterocycles. The third-order valence-electron chi connectivity index (χ3n) is 2.92. The van der Waals surface area contributed by atoms with E-state index in [0.717, 1.165) is 12.1 Å². The van der Waals surface area contributed by atoms with E-state index in [-0.39, 0.29) is 30.0 Å². The van der Waals surface area contributed by atoms with Crippen LogP contribution >= 0.6 is 12.4 Å². The average molecular weight is 316 g/mol. The smallest absolute Gasteiger partial charge is 0.269 e. The molecule has 0 aliphatic carbocycles. The Bertz CT molecular complexity index is 469. The van der Waals surface area contributed by atoms with Crippen molar-refractivity contribution in [2.24, 2.45) is 0 Å². The average Bonchev–Trinajstić information content (AvgIpc) is 2.43. The van der Waals surface area contributed by atoms with Gasteiger partial charge in [0, 0.05) is 31.1 Å². The lowest BCUT2D eigenvalue weighted by Gasteiger charge is -2.13.